The molecular weight excluding hydrogens is 411 g/mol. The lowest BCUT2D eigenvalue weighted by atomic mass is 10.2. The van der Waals surface area contributed by atoms with Crippen LogP contribution in [0.3, 0.4) is 0 Å². The number of rotatable bonds is 9. The van der Waals surface area contributed by atoms with Crippen LogP contribution in [-0.2, 0) is 11.3 Å². The standard InChI is InChI=1S/C15H28N4OS.HI/c1-5-20-9-7-6-8-17-15(16-4)18-10-14-19-13(11-21-14)12(2)3;/h11-12H,5-10H2,1-4H3,(H2,16,17,18);1H. The molecule has 0 radical (unpaired) electrons. The second kappa shape index (κ2) is 13.1. The summed E-state index contributed by atoms with van der Waals surface area (Å²) >= 11 is 1.69. The minimum atomic E-state index is 0. The van der Waals surface area contributed by atoms with E-state index in [4.69, 9.17) is 4.74 Å². The lowest BCUT2D eigenvalue weighted by Gasteiger charge is -2.10. The van der Waals surface area contributed by atoms with Gasteiger partial charge in [-0.1, -0.05) is 13.8 Å². The van der Waals surface area contributed by atoms with E-state index in [1.165, 1.54) is 0 Å². The summed E-state index contributed by atoms with van der Waals surface area (Å²) in [6.45, 7) is 9.60. The van der Waals surface area contributed by atoms with Crippen LogP contribution in [0.4, 0.5) is 0 Å². The molecule has 1 aromatic heterocycles. The molecule has 1 heterocycles. The lowest BCUT2D eigenvalue weighted by Crippen LogP contribution is -2.37. The molecule has 0 spiro atoms. The molecule has 1 rings (SSSR count). The fraction of sp³-hybridized carbons (Fsp3) is 0.733. The maximum absolute atomic E-state index is 5.31. The van der Waals surface area contributed by atoms with Crippen molar-refractivity contribution in [1.29, 1.82) is 0 Å². The molecule has 1 aromatic rings. The van der Waals surface area contributed by atoms with Gasteiger partial charge in [-0.15, -0.1) is 35.3 Å². The van der Waals surface area contributed by atoms with E-state index in [0.29, 0.717) is 5.92 Å². The molecule has 0 aliphatic rings. The number of unbranched alkanes of at least 4 members (excludes halogenated alkanes) is 1. The molecule has 2 N–H and O–H groups in total. The highest BCUT2D eigenvalue weighted by molar-refractivity contribution is 14.0. The van der Waals surface area contributed by atoms with E-state index in [-0.39, 0.29) is 24.0 Å². The van der Waals surface area contributed by atoms with E-state index in [1.807, 2.05) is 6.92 Å². The summed E-state index contributed by atoms with van der Waals surface area (Å²) in [6, 6.07) is 0. The Labute approximate surface area is 155 Å². The zero-order valence-corrected chi connectivity index (χ0v) is 17.2. The van der Waals surface area contributed by atoms with Gasteiger partial charge >= 0.3 is 0 Å². The number of hydrogen-bond donors (Lipinski definition) is 2. The van der Waals surface area contributed by atoms with Gasteiger partial charge in [0.2, 0.25) is 0 Å². The van der Waals surface area contributed by atoms with E-state index >= 15 is 0 Å². The van der Waals surface area contributed by atoms with Gasteiger partial charge in [0.05, 0.1) is 12.2 Å². The van der Waals surface area contributed by atoms with Crippen molar-refractivity contribution in [2.45, 2.75) is 46.1 Å². The van der Waals surface area contributed by atoms with Crippen molar-refractivity contribution in [1.82, 2.24) is 15.6 Å². The number of nitrogens with zero attached hydrogens (tertiary/aromatic N) is 2. The molecule has 0 saturated heterocycles. The fourth-order valence-corrected chi connectivity index (χ4v) is 2.63. The third kappa shape index (κ3) is 8.89. The molecule has 5 nitrogen and oxygen atoms in total. The van der Waals surface area contributed by atoms with Gasteiger partial charge in [0.15, 0.2) is 5.96 Å². The number of aromatic nitrogens is 1. The second-order valence-corrected chi connectivity index (χ2v) is 6.02. The quantitative estimate of drug-likeness (QED) is 0.268. The normalized spacial score (nSPS) is 11.4. The first kappa shape index (κ1) is 21.6. The Kier molecular flexibility index (Phi) is 12.8. The van der Waals surface area contributed by atoms with Gasteiger partial charge in [-0.05, 0) is 25.7 Å². The van der Waals surface area contributed by atoms with Crippen molar-refractivity contribution in [2.75, 3.05) is 26.8 Å². The minimum Gasteiger partial charge on any atom is -0.382 e. The Hall–Kier alpha value is -0.410. The van der Waals surface area contributed by atoms with Crippen LogP contribution < -0.4 is 10.6 Å². The van der Waals surface area contributed by atoms with E-state index < -0.39 is 0 Å². The van der Waals surface area contributed by atoms with Crippen LogP contribution >= 0.6 is 35.3 Å². The monoisotopic (exact) mass is 440 g/mol. The molecule has 0 aliphatic carbocycles. The maximum Gasteiger partial charge on any atom is 0.191 e. The number of guanidine groups is 1. The Bertz CT molecular complexity index is 423. The van der Waals surface area contributed by atoms with Gasteiger partial charge in [0.25, 0.3) is 0 Å². The summed E-state index contributed by atoms with van der Waals surface area (Å²) < 4.78 is 5.31. The van der Waals surface area contributed by atoms with Crippen LogP contribution in [0.1, 0.15) is 50.2 Å². The topological polar surface area (TPSA) is 58.5 Å². The summed E-state index contributed by atoms with van der Waals surface area (Å²) in [5.41, 5.74) is 1.16. The molecule has 0 atom stereocenters. The number of hydrogen-bond acceptors (Lipinski definition) is 4. The number of halogens is 1. The van der Waals surface area contributed by atoms with E-state index in [2.05, 4.69) is 39.8 Å². The Morgan fingerprint density at radius 3 is 2.73 bits per heavy atom. The highest BCUT2D eigenvalue weighted by Gasteiger charge is 2.06. The van der Waals surface area contributed by atoms with Crippen molar-refractivity contribution in [2.24, 2.45) is 4.99 Å². The van der Waals surface area contributed by atoms with Gasteiger partial charge in [0.1, 0.15) is 5.01 Å². The first-order valence-corrected chi connectivity index (χ1v) is 8.51. The number of thiazole rings is 1. The summed E-state index contributed by atoms with van der Waals surface area (Å²) in [4.78, 5) is 8.82. The molecule has 0 fully saturated rings. The van der Waals surface area contributed by atoms with E-state index in [1.54, 1.807) is 18.4 Å². The van der Waals surface area contributed by atoms with Crippen molar-refractivity contribution in [3.63, 3.8) is 0 Å². The third-order valence-electron chi connectivity index (χ3n) is 3.00. The van der Waals surface area contributed by atoms with Crippen molar-refractivity contribution >= 4 is 41.3 Å². The van der Waals surface area contributed by atoms with Crippen molar-refractivity contribution in [3.05, 3.63) is 16.1 Å². The average molecular weight is 440 g/mol. The van der Waals surface area contributed by atoms with Gasteiger partial charge < -0.3 is 15.4 Å². The lowest BCUT2D eigenvalue weighted by molar-refractivity contribution is 0.143. The SMILES string of the molecule is CCOCCCCNC(=NC)NCc1nc(C(C)C)cs1.I. The van der Waals surface area contributed by atoms with Crippen LogP contribution in [0.2, 0.25) is 0 Å². The largest absolute Gasteiger partial charge is 0.382 e. The first-order valence-electron chi connectivity index (χ1n) is 7.64. The molecule has 0 unspecified atom stereocenters. The predicted octanol–water partition coefficient (Wildman–Crippen LogP) is 3.37. The Morgan fingerprint density at radius 1 is 1.36 bits per heavy atom. The molecule has 0 bridgehead atoms. The molecule has 0 aliphatic heterocycles. The number of ether oxygens (including phenoxy) is 1. The van der Waals surface area contributed by atoms with Crippen LogP contribution in [0.15, 0.2) is 10.4 Å². The minimum absolute atomic E-state index is 0. The van der Waals surface area contributed by atoms with Crippen molar-refractivity contribution < 1.29 is 4.74 Å². The summed E-state index contributed by atoms with van der Waals surface area (Å²) in [5, 5.41) is 9.83. The summed E-state index contributed by atoms with van der Waals surface area (Å²) in [7, 11) is 1.79. The zero-order valence-electron chi connectivity index (χ0n) is 14.0. The third-order valence-corrected chi connectivity index (χ3v) is 3.87. The van der Waals surface area contributed by atoms with Crippen LogP contribution in [0, 0.1) is 0 Å². The van der Waals surface area contributed by atoms with Gasteiger partial charge in [0, 0.05) is 32.2 Å². The predicted molar refractivity (Wildman–Crippen MR) is 106 cm³/mol. The summed E-state index contributed by atoms with van der Waals surface area (Å²) in [6.07, 6.45) is 2.15. The highest BCUT2D eigenvalue weighted by Crippen LogP contribution is 2.17. The molecule has 128 valence electrons. The molecular formula is C15H29IN4OS. The molecule has 0 saturated carbocycles. The number of nitrogens with one attached hydrogen (secondary N) is 2. The van der Waals surface area contributed by atoms with Crippen LogP contribution in [0.25, 0.3) is 0 Å². The Balaban J connectivity index is 0.00000441. The van der Waals surface area contributed by atoms with Gasteiger partial charge in [-0.3, -0.25) is 4.99 Å². The van der Waals surface area contributed by atoms with Gasteiger partial charge in [-0.2, -0.15) is 0 Å². The molecule has 0 aromatic carbocycles. The molecule has 7 heteroatoms. The average Bonchev–Trinajstić information content (AvgIpc) is 2.95. The van der Waals surface area contributed by atoms with Crippen LogP contribution in [-0.4, -0.2) is 37.7 Å². The number of aliphatic imine (C=N–C) groups is 1. The smallest absolute Gasteiger partial charge is 0.191 e. The van der Waals surface area contributed by atoms with E-state index in [9.17, 15) is 0 Å². The molecule has 22 heavy (non-hydrogen) atoms. The Morgan fingerprint density at radius 2 is 2.14 bits per heavy atom. The highest BCUT2D eigenvalue weighted by atomic mass is 127. The maximum atomic E-state index is 5.31. The first-order chi connectivity index (χ1) is 10.2. The van der Waals surface area contributed by atoms with Crippen molar-refractivity contribution in [3.8, 4) is 0 Å². The zero-order chi connectivity index (χ0) is 15.5. The fourth-order valence-electron chi connectivity index (χ4n) is 1.73. The van der Waals surface area contributed by atoms with Gasteiger partial charge in [-0.25, -0.2) is 4.98 Å². The summed E-state index contributed by atoms with van der Waals surface area (Å²) in [5.74, 6) is 1.31. The second-order valence-electron chi connectivity index (χ2n) is 5.08. The van der Waals surface area contributed by atoms with E-state index in [0.717, 1.165) is 55.8 Å². The molecule has 0 amide bonds. The van der Waals surface area contributed by atoms with Crippen LogP contribution in [0.5, 0.6) is 0 Å².